The van der Waals surface area contributed by atoms with Crippen LogP contribution in [0, 0.1) is 0 Å². The number of hydrogen-bond donors (Lipinski definition) is 2. The number of anilines is 1. The van der Waals surface area contributed by atoms with Crippen molar-refractivity contribution >= 4 is 11.6 Å². The predicted molar refractivity (Wildman–Crippen MR) is 69.5 cm³/mol. The van der Waals surface area contributed by atoms with Gasteiger partial charge in [0, 0.05) is 25.8 Å². The zero-order valence-corrected chi connectivity index (χ0v) is 10.6. The highest BCUT2D eigenvalue weighted by Gasteiger charge is 2.21. The molecule has 0 aliphatic carbocycles. The molecule has 1 aliphatic rings. The Morgan fingerprint density at radius 1 is 1.39 bits per heavy atom. The normalized spacial score (nSPS) is 16.6. The molecule has 0 spiro atoms. The van der Waals surface area contributed by atoms with Gasteiger partial charge in [-0.05, 0) is 36.5 Å². The van der Waals surface area contributed by atoms with Crippen LogP contribution in [0.3, 0.4) is 0 Å². The van der Waals surface area contributed by atoms with E-state index in [-0.39, 0.29) is 12.5 Å². The standard InChI is InChI=1S/C14H19NO3/c1-15-12-6-4-11(13(17)3-2-8-16)9-10(12)5-7-14(15)18/h4,6,9,13,16-17H,2-3,5,7-8H2,1H3. The average molecular weight is 249 g/mol. The van der Waals surface area contributed by atoms with Crippen LogP contribution < -0.4 is 4.90 Å². The molecular weight excluding hydrogens is 230 g/mol. The van der Waals surface area contributed by atoms with Gasteiger partial charge in [0.25, 0.3) is 0 Å². The van der Waals surface area contributed by atoms with E-state index < -0.39 is 6.10 Å². The number of carbonyl (C=O) groups excluding carboxylic acids is 1. The minimum absolute atomic E-state index is 0.0965. The van der Waals surface area contributed by atoms with Gasteiger partial charge in [-0.2, -0.15) is 0 Å². The Balaban J connectivity index is 2.20. The summed E-state index contributed by atoms with van der Waals surface area (Å²) in [5.41, 5.74) is 2.91. The maximum atomic E-state index is 11.6. The molecule has 0 aromatic heterocycles. The van der Waals surface area contributed by atoms with Crippen LogP contribution in [-0.2, 0) is 11.2 Å². The molecular formula is C14H19NO3. The lowest BCUT2D eigenvalue weighted by Crippen LogP contribution is -2.31. The van der Waals surface area contributed by atoms with E-state index in [9.17, 15) is 9.90 Å². The summed E-state index contributed by atoms with van der Waals surface area (Å²) in [5.74, 6) is 0.135. The summed E-state index contributed by atoms with van der Waals surface area (Å²) >= 11 is 0. The third-order valence-electron chi connectivity index (χ3n) is 3.47. The van der Waals surface area contributed by atoms with Gasteiger partial charge in [-0.15, -0.1) is 0 Å². The van der Waals surface area contributed by atoms with Crippen molar-refractivity contribution in [2.75, 3.05) is 18.6 Å². The molecule has 1 aromatic rings. The van der Waals surface area contributed by atoms with E-state index in [2.05, 4.69) is 0 Å². The van der Waals surface area contributed by atoms with Crippen molar-refractivity contribution in [2.24, 2.45) is 0 Å². The molecule has 0 fully saturated rings. The molecule has 1 aliphatic heterocycles. The van der Waals surface area contributed by atoms with Gasteiger partial charge in [0.15, 0.2) is 0 Å². The molecule has 1 heterocycles. The van der Waals surface area contributed by atoms with Crippen LogP contribution in [0.2, 0.25) is 0 Å². The summed E-state index contributed by atoms with van der Waals surface area (Å²) in [6.07, 6.45) is 1.88. The van der Waals surface area contributed by atoms with Crippen LogP contribution in [0.25, 0.3) is 0 Å². The smallest absolute Gasteiger partial charge is 0.227 e. The molecule has 1 unspecified atom stereocenters. The molecule has 98 valence electrons. The molecule has 2 rings (SSSR count). The average Bonchev–Trinajstić information content (AvgIpc) is 2.40. The van der Waals surface area contributed by atoms with Crippen LogP contribution in [-0.4, -0.2) is 29.8 Å². The van der Waals surface area contributed by atoms with Crippen molar-refractivity contribution < 1.29 is 15.0 Å². The van der Waals surface area contributed by atoms with Gasteiger partial charge >= 0.3 is 0 Å². The Morgan fingerprint density at radius 2 is 2.17 bits per heavy atom. The van der Waals surface area contributed by atoms with Crippen LogP contribution in [0.15, 0.2) is 18.2 Å². The molecule has 0 saturated carbocycles. The summed E-state index contributed by atoms with van der Waals surface area (Å²) < 4.78 is 0. The molecule has 4 nitrogen and oxygen atoms in total. The number of benzene rings is 1. The Labute approximate surface area is 107 Å². The highest BCUT2D eigenvalue weighted by molar-refractivity contribution is 5.95. The van der Waals surface area contributed by atoms with E-state index in [0.29, 0.717) is 19.3 Å². The number of carbonyl (C=O) groups is 1. The quantitative estimate of drug-likeness (QED) is 0.848. The first-order valence-electron chi connectivity index (χ1n) is 6.32. The van der Waals surface area contributed by atoms with E-state index in [1.54, 1.807) is 11.9 Å². The number of fused-ring (bicyclic) bond motifs is 1. The number of aliphatic hydroxyl groups excluding tert-OH is 2. The van der Waals surface area contributed by atoms with Crippen molar-refractivity contribution in [2.45, 2.75) is 31.8 Å². The Bertz CT molecular complexity index is 445. The lowest BCUT2D eigenvalue weighted by atomic mass is 9.96. The summed E-state index contributed by atoms with van der Waals surface area (Å²) in [5, 5.41) is 18.7. The highest BCUT2D eigenvalue weighted by Crippen LogP contribution is 2.30. The van der Waals surface area contributed by atoms with E-state index >= 15 is 0 Å². The molecule has 1 aromatic carbocycles. The molecule has 18 heavy (non-hydrogen) atoms. The second kappa shape index (κ2) is 5.50. The third kappa shape index (κ3) is 2.54. The summed E-state index contributed by atoms with van der Waals surface area (Å²) in [6, 6.07) is 5.72. The SMILES string of the molecule is CN1C(=O)CCc2cc(C(O)CCCO)ccc21. The number of amides is 1. The number of aryl methyl sites for hydroxylation is 1. The van der Waals surface area contributed by atoms with Gasteiger partial charge in [0.1, 0.15) is 0 Å². The topological polar surface area (TPSA) is 60.8 Å². The van der Waals surface area contributed by atoms with Gasteiger partial charge in [-0.3, -0.25) is 4.79 Å². The minimum Gasteiger partial charge on any atom is -0.396 e. The lowest BCUT2D eigenvalue weighted by molar-refractivity contribution is -0.118. The van der Waals surface area contributed by atoms with Gasteiger partial charge < -0.3 is 15.1 Å². The fourth-order valence-corrected chi connectivity index (χ4v) is 2.34. The predicted octanol–water partition coefficient (Wildman–Crippen LogP) is 1.40. The molecule has 0 saturated heterocycles. The lowest BCUT2D eigenvalue weighted by Gasteiger charge is -2.26. The molecule has 4 heteroatoms. The summed E-state index contributed by atoms with van der Waals surface area (Å²) in [6.45, 7) is 0.0965. The Morgan fingerprint density at radius 3 is 2.89 bits per heavy atom. The highest BCUT2D eigenvalue weighted by atomic mass is 16.3. The number of hydrogen-bond acceptors (Lipinski definition) is 3. The number of rotatable bonds is 4. The minimum atomic E-state index is -0.537. The van der Waals surface area contributed by atoms with Crippen LogP contribution in [0.4, 0.5) is 5.69 Å². The fourth-order valence-electron chi connectivity index (χ4n) is 2.34. The fraction of sp³-hybridized carbons (Fsp3) is 0.500. The van der Waals surface area contributed by atoms with Gasteiger partial charge in [0.2, 0.25) is 5.91 Å². The van der Waals surface area contributed by atoms with E-state index in [4.69, 9.17) is 5.11 Å². The third-order valence-corrected chi connectivity index (χ3v) is 3.47. The van der Waals surface area contributed by atoms with Crippen molar-refractivity contribution in [3.8, 4) is 0 Å². The van der Waals surface area contributed by atoms with Crippen molar-refractivity contribution in [3.63, 3.8) is 0 Å². The first-order chi connectivity index (χ1) is 8.63. The van der Waals surface area contributed by atoms with Crippen molar-refractivity contribution in [3.05, 3.63) is 29.3 Å². The van der Waals surface area contributed by atoms with E-state index in [0.717, 1.165) is 23.2 Å². The summed E-state index contributed by atoms with van der Waals surface area (Å²) in [7, 11) is 1.78. The Hall–Kier alpha value is -1.39. The zero-order chi connectivity index (χ0) is 13.1. The molecule has 1 amide bonds. The maximum absolute atomic E-state index is 11.6. The van der Waals surface area contributed by atoms with Gasteiger partial charge in [-0.25, -0.2) is 0 Å². The van der Waals surface area contributed by atoms with Crippen molar-refractivity contribution in [1.29, 1.82) is 0 Å². The van der Waals surface area contributed by atoms with E-state index in [1.807, 2.05) is 18.2 Å². The second-order valence-corrected chi connectivity index (χ2v) is 4.72. The van der Waals surface area contributed by atoms with Crippen LogP contribution in [0.5, 0.6) is 0 Å². The Kier molecular flexibility index (Phi) is 3.99. The molecule has 2 N–H and O–H groups in total. The summed E-state index contributed by atoms with van der Waals surface area (Å²) in [4.78, 5) is 13.2. The van der Waals surface area contributed by atoms with Crippen LogP contribution >= 0.6 is 0 Å². The monoisotopic (exact) mass is 249 g/mol. The van der Waals surface area contributed by atoms with Crippen molar-refractivity contribution in [1.82, 2.24) is 0 Å². The van der Waals surface area contributed by atoms with E-state index in [1.165, 1.54) is 0 Å². The zero-order valence-electron chi connectivity index (χ0n) is 10.6. The number of nitrogens with zero attached hydrogens (tertiary/aromatic N) is 1. The van der Waals surface area contributed by atoms with Gasteiger partial charge in [0.05, 0.1) is 6.10 Å². The largest absolute Gasteiger partial charge is 0.396 e. The first kappa shape index (κ1) is 13.1. The van der Waals surface area contributed by atoms with Gasteiger partial charge in [-0.1, -0.05) is 12.1 Å². The molecule has 1 atom stereocenters. The van der Waals surface area contributed by atoms with Crippen LogP contribution in [0.1, 0.15) is 36.5 Å². The number of aliphatic hydroxyl groups is 2. The molecule has 0 bridgehead atoms. The molecule has 0 radical (unpaired) electrons. The maximum Gasteiger partial charge on any atom is 0.227 e. The first-order valence-corrected chi connectivity index (χ1v) is 6.32. The second-order valence-electron chi connectivity index (χ2n) is 4.72.